The van der Waals surface area contributed by atoms with E-state index < -0.39 is 12.1 Å². The molecule has 0 aliphatic carbocycles. The number of hydroxylamine groups is 2. The SMILES string of the molecule is CCCC(C)COc1ccc(C(C)N(O)C(=O)O)cc1. The van der Waals surface area contributed by atoms with Crippen LogP contribution in [0.2, 0.25) is 0 Å². The number of amides is 1. The average molecular weight is 281 g/mol. The number of hydrogen-bond donors (Lipinski definition) is 2. The Labute approximate surface area is 119 Å². The van der Waals surface area contributed by atoms with Gasteiger partial charge in [0.15, 0.2) is 0 Å². The summed E-state index contributed by atoms with van der Waals surface area (Å²) in [6.07, 6.45) is 0.904. The zero-order chi connectivity index (χ0) is 15.1. The Balaban J connectivity index is 2.58. The second-order valence-corrected chi connectivity index (χ2v) is 5.08. The lowest BCUT2D eigenvalue weighted by molar-refractivity contribution is -0.0928. The molecule has 5 heteroatoms. The first kappa shape index (κ1) is 16.3. The molecule has 0 heterocycles. The highest BCUT2D eigenvalue weighted by molar-refractivity contribution is 5.64. The Bertz CT molecular complexity index is 418. The maximum atomic E-state index is 10.7. The molecule has 0 radical (unpaired) electrons. The van der Waals surface area contributed by atoms with Gasteiger partial charge in [0.2, 0.25) is 0 Å². The number of hydrogen-bond acceptors (Lipinski definition) is 3. The highest BCUT2D eigenvalue weighted by atomic mass is 16.6. The van der Waals surface area contributed by atoms with Gasteiger partial charge in [0.25, 0.3) is 0 Å². The summed E-state index contributed by atoms with van der Waals surface area (Å²) in [5.41, 5.74) is 0.712. The minimum Gasteiger partial charge on any atom is -0.493 e. The van der Waals surface area contributed by atoms with Crippen molar-refractivity contribution in [2.24, 2.45) is 5.92 Å². The molecule has 0 aliphatic heterocycles. The van der Waals surface area contributed by atoms with Gasteiger partial charge >= 0.3 is 6.09 Å². The maximum absolute atomic E-state index is 10.7. The Hall–Kier alpha value is -1.75. The summed E-state index contributed by atoms with van der Waals surface area (Å²) in [6.45, 7) is 6.59. The van der Waals surface area contributed by atoms with Gasteiger partial charge in [-0.2, -0.15) is 5.06 Å². The van der Waals surface area contributed by atoms with Gasteiger partial charge in [0, 0.05) is 0 Å². The van der Waals surface area contributed by atoms with E-state index in [1.807, 2.05) is 0 Å². The molecule has 0 aliphatic rings. The fourth-order valence-corrected chi connectivity index (χ4v) is 1.96. The zero-order valence-corrected chi connectivity index (χ0v) is 12.2. The van der Waals surface area contributed by atoms with Crippen LogP contribution < -0.4 is 4.74 Å². The largest absolute Gasteiger partial charge is 0.493 e. The van der Waals surface area contributed by atoms with Crippen LogP contribution in [0.15, 0.2) is 24.3 Å². The molecule has 1 amide bonds. The summed E-state index contributed by atoms with van der Waals surface area (Å²) in [6, 6.07) is 6.49. The molecule has 0 saturated carbocycles. The molecule has 20 heavy (non-hydrogen) atoms. The Morgan fingerprint density at radius 3 is 2.40 bits per heavy atom. The van der Waals surface area contributed by atoms with Gasteiger partial charge in [0.05, 0.1) is 12.6 Å². The van der Waals surface area contributed by atoms with Gasteiger partial charge < -0.3 is 9.84 Å². The van der Waals surface area contributed by atoms with Crippen molar-refractivity contribution >= 4 is 6.09 Å². The molecule has 0 aromatic heterocycles. The monoisotopic (exact) mass is 281 g/mol. The van der Waals surface area contributed by atoms with Crippen molar-refractivity contribution in [3.63, 3.8) is 0 Å². The fourth-order valence-electron chi connectivity index (χ4n) is 1.96. The predicted octanol–water partition coefficient (Wildman–Crippen LogP) is 3.93. The highest BCUT2D eigenvalue weighted by Crippen LogP contribution is 2.22. The van der Waals surface area contributed by atoms with Crippen molar-refractivity contribution in [2.45, 2.75) is 39.7 Å². The molecule has 1 rings (SSSR count). The summed E-state index contributed by atoms with van der Waals surface area (Å²) in [5, 5.41) is 18.4. The molecule has 2 unspecified atom stereocenters. The molecule has 0 spiro atoms. The second-order valence-electron chi connectivity index (χ2n) is 5.08. The van der Waals surface area contributed by atoms with Gasteiger partial charge in [-0.25, -0.2) is 4.79 Å². The van der Waals surface area contributed by atoms with Crippen LogP contribution in [0.4, 0.5) is 4.79 Å². The van der Waals surface area contributed by atoms with Gasteiger partial charge in [0.1, 0.15) is 5.75 Å². The standard InChI is InChI=1S/C15H23NO4/c1-4-5-11(2)10-20-14-8-6-13(7-9-14)12(3)16(19)15(17)18/h6-9,11-12,19H,4-5,10H2,1-3H3,(H,17,18). The van der Waals surface area contributed by atoms with Gasteiger partial charge in [-0.15, -0.1) is 0 Å². The third-order valence-corrected chi connectivity index (χ3v) is 3.24. The summed E-state index contributed by atoms with van der Waals surface area (Å²) in [4.78, 5) is 10.7. The molecule has 2 atom stereocenters. The molecular formula is C15H23NO4. The van der Waals surface area contributed by atoms with E-state index in [1.165, 1.54) is 0 Å². The van der Waals surface area contributed by atoms with Gasteiger partial charge in [-0.3, -0.25) is 5.21 Å². The molecule has 0 saturated heterocycles. The molecular weight excluding hydrogens is 258 g/mol. The predicted molar refractivity (Wildman–Crippen MR) is 76.1 cm³/mol. The first-order valence-corrected chi connectivity index (χ1v) is 6.89. The van der Waals surface area contributed by atoms with Crippen molar-refractivity contribution in [3.05, 3.63) is 29.8 Å². The van der Waals surface area contributed by atoms with Gasteiger partial charge in [-0.1, -0.05) is 32.4 Å². The number of nitrogens with zero attached hydrogens (tertiary/aromatic N) is 1. The van der Waals surface area contributed by atoms with E-state index in [0.717, 1.165) is 18.6 Å². The topological polar surface area (TPSA) is 70.0 Å². The van der Waals surface area contributed by atoms with Crippen molar-refractivity contribution in [1.29, 1.82) is 0 Å². The third kappa shape index (κ3) is 4.74. The van der Waals surface area contributed by atoms with Crippen LogP contribution >= 0.6 is 0 Å². The Morgan fingerprint density at radius 2 is 1.90 bits per heavy atom. The van der Waals surface area contributed by atoms with E-state index >= 15 is 0 Å². The first-order chi connectivity index (χ1) is 9.45. The smallest absolute Gasteiger partial charge is 0.431 e. The molecule has 1 aromatic carbocycles. The number of ether oxygens (including phenoxy) is 1. The van der Waals surface area contributed by atoms with Crippen molar-refractivity contribution in [3.8, 4) is 5.75 Å². The van der Waals surface area contributed by atoms with Crippen LogP contribution in [0.1, 0.15) is 45.2 Å². The number of benzene rings is 1. The Kier molecular flexibility index (Phi) is 6.31. The van der Waals surface area contributed by atoms with E-state index in [0.29, 0.717) is 23.2 Å². The summed E-state index contributed by atoms with van der Waals surface area (Å²) in [5.74, 6) is 1.27. The summed E-state index contributed by atoms with van der Waals surface area (Å²) in [7, 11) is 0. The van der Waals surface area contributed by atoms with Crippen LogP contribution in [0, 0.1) is 5.92 Å². The lowest BCUT2D eigenvalue weighted by Crippen LogP contribution is -2.28. The van der Waals surface area contributed by atoms with Crippen LogP contribution in [-0.2, 0) is 0 Å². The normalized spacial score (nSPS) is 13.6. The molecule has 5 nitrogen and oxygen atoms in total. The fraction of sp³-hybridized carbons (Fsp3) is 0.533. The summed E-state index contributed by atoms with van der Waals surface area (Å²) >= 11 is 0. The van der Waals surface area contributed by atoms with E-state index in [4.69, 9.17) is 9.84 Å². The number of carboxylic acid groups (broad SMARTS) is 1. The quantitative estimate of drug-likeness (QED) is 0.587. The molecule has 112 valence electrons. The minimum absolute atomic E-state index is 0.291. The van der Waals surface area contributed by atoms with Crippen LogP contribution in [0.3, 0.4) is 0 Å². The first-order valence-electron chi connectivity index (χ1n) is 6.89. The Morgan fingerprint density at radius 1 is 1.30 bits per heavy atom. The zero-order valence-electron chi connectivity index (χ0n) is 12.2. The highest BCUT2D eigenvalue weighted by Gasteiger charge is 2.18. The van der Waals surface area contributed by atoms with E-state index in [9.17, 15) is 10.0 Å². The number of carbonyl (C=O) groups is 1. The van der Waals surface area contributed by atoms with Gasteiger partial charge in [-0.05, 0) is 37.0 Å². The average Bonchev–Trinajstić information content (AvgIpc) is 2.44. The van der Waals surface area contributed by atoms with Crippen LogP contribution in [0.5, 0.6) is 5.75 Å². The van der Waals surface area contributed by atoms with E-state index in [2.05, 4.69) is 13.8 Å². The molecule has 0 fully saturated rings. The second kappa shape index (κ2) is 7.75. The molecule has 0 bridgehead atoms. The van der Waals surface area contributed by atoms with E-state index in [-0.39, 0.29) is 0 Å². The molecule has 1 aromatic rings. The van der Waals surface area contributed by atoms with Crippen LogP contribution in [0.25, 0.3) is 0 Å². The van der Waals surface area contributed by atoms with Crippen molar-refractivity contribution in [2.75, 3.05) is 6.61 Å². The maximum Gasteiger partial charge on any atom is 0.431 e. The lowest BCUT2D eigenvalue weighted by atomic mass is 10.1. The lowest BCUT2D eigenvalue weighted by Gasteiger charge is -2.20. The van der Waals surface area contributed by atoms with Crippen molar-refractivity contribution < 1.29 is 19.8 Å². The number of rotatable bonds is 7. The minimum atomic E-state index is -1.37. The molecule has 2 N–H and O–H groups in total. The third-order valence-electron chi connectivity index (χ3n) is 3.24. The summed E-state index contributed by atoms with van der Waals surface area (Å²) < 4.78 is 5.67. The van der Waals surface area contributed by atoms with Crippen LogP contribution in [-0.4, -0.2) is 28.1 Å². The van der Waals surface area contributed by atoms with Crippen molar-refractivity contribution in [1.82, 2.24) is 5.06 Å². The van der Waals surface area contributed by atoms with E-state index in [1.54, 1.807) is 31.2 Å².